The summed E-state index contributed by atoms with van der Waals surface area (Å²) in [4.78, 5) is 13.2. The molecular weight excluding hydrogens is 434 g/mol. The van der Waals surface area contributed by atoms with Gasteiger partial charge in [-0.1, -0.05) is 60.7 Å². The van der Waals surface area contributed by atoms with E-state index in [4.69, 9.17) is 19.5 Å². The highest BCUT2D eigenvalue weighted by atomic mass is 16.5. The molecule has 5 nitrogen and oxygen atoms in total. The van der Waals surface area contributed by atoms with Gasteiger partial charge in [-0.15, -0.1) is 0 Å². The topological polar surface area (TPSA) is 59.0 Å². The quantitative estimate of drug-likeness (QED) is 0.480. The molecule has 3 aromatic carbocycles. The number of nitrogens with one attached hydrogen (secondary N) is 1. The molecule has 2 atom stereocenters. The minimum absolute atomic E-state index is 0.0230. The van der Waals surface area contributed by atoms with Gasteiger partial charge in [0.05, 0.1) is 10.7 Å². The Morgan fingerprint density at radius 1 is 0.686 bits per heavy atom. The van der Waals surface area contributed by atoms with E-state index in [1.807, 2.05) is 48.6 Å². The van der Waals surface area contributed by atoms with Gasteiger partial charge in [-0.25, -0.2) is 9.98 Å². The molecule has 0 aliphatic carbocycles. The summed E-state index contributed by atoms with van der Waals surface area (Å²) in [5.74, 6) is 1.29. The van der Waals surface area contributed by atoms with Crippen LogP contribution in [-0.2, 0) is 9.47 Å². The average Bonchev–Trinajstić information content (AvgIpc) is 3.62. The monoisotopic (exact) mass is 461 g/mol. The molecule has 0 radical (unpaired) electrons. The second-order valence-electron chi connectivity index (χ2n) is 9.13. The van der Waals surface area contributed by atoms with Crippen LogP contribution < -0.4 is 10.7 Å². The molecule has 35 heavy (non-hydrogen) atoms. The molecule has 174 valence electrons. The Hall–Kier alpha value is -4.12. The van der Waals surface area contributed by atoms with Crippen LogP contribution >= 0.6 is 0 Å². The van der Waals surface area contributed by atoms with Crippen molar-refractivity contribution < 1.29 is 9.47 Å². The third-order valence-corrected chi connectivity index (χ3v) is 6.73. The predicted octanol–water partition coefficient (Wildman–Crippen LogP) is 4.69. The molecule has 0 fully saturated rings. The number of nitrogens with zero attached hydrogens (tertiary/aromatic N) is 2. The molecule has 1 N–H and O–H groups in total. The summed E-state index contributed by atoms with van der Waals surface area (Å²) in [6.45, 7) is 5.38. The van der Waals surface area contributed by atoms with Crippen molar-refractivity contribution in [2.75, 3.05) is 13.2 Å². The molecule has 0 unspecified atom stereocenters. The van der Waals surface area contributed by atoms with E-state index in [1.165, 1.54) is 11.1 Å². The summed E-state index contributed by atoms with van der Waals surface area (Å²) in [5.41, 5.74) is 4.81. The SMILES string of the molecule is Cc1cc2/c(=C/C3=N[C@@H](c4ccccc4)CO3)[nH]/c(=C\C3=N[C@@H](c4ccccc4)CO3)c2cc1C. The van der Waals surface area contributed by atoms with Crippen molar-refractivity contribution in [3.8, 4) is 0 Å². The highest BCUT2D eigenvalue weighted by Crippen LogP contribution is 2.24. The number of aromatic nitrogens is 1. The van der Waals surface area contributed by atoms with Gasteiger partial charge in [0, 0.05) is 22.9 Å². The number of H-pyrrole nitrogens is 1. The minimum atomic E-state index is 0.0230. The predicted molar refractivity (Wildman–Crippen MR) is 141 cm³/mol. The Labute approximate surface area is 204 Å². The van der Waals surface area contributed by atoms with Crippen LogP contribution in [0.1, 0.15) is 34.3 Å². The highest BCUT2D eigenvalue weighted by Gasteiger charge is 2.21. The van der Waals surface area contributed by atoms with E-state index < -0.39 is 0 Å². The van der Waals surface area contributed by atoms with Crippen molar-refractivity contribution in [2.45, 2.75) is 25.9 Å². The van der Waals surface area contributed by atoms with Crippen LogP contribution in [0.15, 0.2) is 82.8 Å². The van der Waals surface area contributed by atoms with E-state index in [9.17, 15) is 0 Å². The number of fused-ring (bicyclic) bond motifs is 1. The van der Waals surface area contributed by atoms with Crippen molar-refractivity contribution in [2.24, 2.45) is 9.98 Å². The van der Waals surface area contributed by atoms with Gasteiger partial charge < -0.3 is 14.5 Å². The number of rotatable bonds is 4. The Kier molecular flexibility index (Phi) is 5.45. The second kappa shape index (κ2) is 8.91. The lowest BCUT2D eigenvalue weighted by molar-refractivity contribution is 0.323. The van der Waals surface area contributed by atoms with Crippen molar-refractivity contribution in [1.29, 1.82) is 0 Å². The zero-order valence-electron chi connectivity index (χ0n) is 19.9. The molecule has 6 rings (SSSR count). The Morgan fingerprint density at radius 3 is 1.54 bits per heavy atom. The number of ether oxygens (including phenoxy) is 2. The van der Waals surface area contributed by atoms with E-state index in [-0.39, 0.29) is 12.1 Å². The number of aryl methyl sites for hydroxylation is 2. The van der Waals surface area contributed by atoms with Gasteiger partial charge in [-0.3, -0.25) is 0 Å². The number of aromatic amines is 1. The summed E-state index contributed by atoms with van der Waals surface area (Å²) in [5, 5.41) is 4.21. The fourth-order valence-corrected chi connectivity index (χ4v) is 4.65. The molecule has 4 aromatic rings. The highest BCUT2D eigenvalue weighted by molar-refractivity contribution is 6.09. The van der Waals surface area contributed by atoms with E-state index >= 15 is 0 Å². The van der Waals surface area contributed by atoms with Crippen LogP contribution in [0.25, 0.3) is 22.9 Å². The van der Waals surface area contributed by atoms with Gasteiger partial charge in [0.15, 0.2) is 0 Å². The van der Waals surface area contributed by atoms with E-state index in [2.05, 4.69) is 55.2 Å². The van der Waals surface area contributed by atoms with E-state index in [1.54, 1.807) is 0 Å². The third-order valence-electron chi connectivity index (χ3n) is 6.73. The molecule has 2 aliphatic heterocycles. The molecule has 5 heteroatoms. The van der Waals surface area contributed by atoms with Crippen LogP contribution in [-0.4, -0.2) is 30.0 Å². The third kappa shape index (κ3) is 4.26. The zero-order valence-corrected chi connectivity index (χ0v) is 19.9. The van der Waals surface area contributed by atoms with Gasteiger partial charge >= 0.3 is 0 Å². The van der Waals surface area contributed by atoms with Crippen molar-refractivity contribution in [3.63, 3.8) is 0 Å². The van der Waals surface area contributed by atoms with E-state index in [0.29, 0.717) is 25.0 Å². The van der Waals surface area contributed by atoms with Crippen LogP contribution in [0.3, 0.4) is 0 Å². The van der Waals surface area contributed by atoms with Crippen molar-refractivity contribution >= 4 is 34.7 Å². The molecule has 0 amide bonds. The number of benzene rings is 3. The van der Waals surface area contributed by atoms with Crippen LogP contribution in [0, 0.1) is 13.8 Å². The van der Waals surface area contributed by atoms with Crippen LogP contribution in [0.4, 0.5) is 0 Å². The molecule has 0 saturated heterocycles. The molecule has 0 bridgehead atoms. The summed E-state index contributed by atoms with van der Waals surface area (Å²) in [6.07, 6.45) is 4.00. The first-order chi connectivity index (χ1) is 17.1. The lowest BCUT2D eigenvalue weighted by atomic mass is 10.0. The van der Waals surface area contributed by atoms with E-state index in [0.717, 1.165) is 32.6 Å². The maximum atomic E-state index is 5.95. The first-order valence-corrected chi connectivity index (χ1v) is 12.0. The molecular formula is C30H27N3O2. The van der Waals surface area contributed by atoms with Crippen LogP contribution in [0.2, 0.25) is 0 Å². The Balaban J connectivity index is 1.41. The number of hydrogen-bond acceptors (Lipinski definition) is 4. The lowest BCUT2D eigenvalue weighted by Crippen LogP contribution is -2.14. The second-order valence-corrected chi connectivity index (χ2v) is 9.13. The number of aliphatic imine (C=N–C) groups is 2. The molecule has 0 spiro atoms. The molecule has 2 aliphatic rings. The zero-order chi connectivity index (χ0) is 23.8. The van der Waals surface area contributed by atoms with Gasteiger partial charge in [0.2, 0.25) is 11.8 Å². The van der Waals surface area contributed by atoms with Crippen molar-refractivity contribution in [3.05, 3.63) is 106 Å². The van der Waals surface area contributed by atoms with Gasteiger partial charge in [0.1, 0.15) is 25.3 Å². The Morgan fingerprint density at radius 2 is 1.11 bits per heavy atom. The summed E-state index contributed by atoms with van der Waals surface area (Å²) < 4.78 is 11.9. The fourth-order valence-electron chi connectivity index (χ4n) is 4.65. The normalized spacial score (nSPS) is 20.6. The minimum Gasteiger partial charge on any atom is -0.475 e. The average molecular weight is 462 g/mol. The maximum absolute atomic E-state index is 5.95. The van der Waals surface area contributed by atoms with Gasteiger partial charge in [-0.2, -0.15) is 0 Å². The van der Waals surface area contributed by atoms with Crippen LogP contribution in [0.5, 0.6) is 0 Å². The fraction of sp³-hybridized carbons (Fsp3) is 0.200. The maximum Gasteiger partial charge on any atom is 0.211 e. The molecule has 3 heterocycles. The first kappa shape index (κ1) is 21.4. The van der Waals surface area contributed by atoms with Crippen molar-refractivity contribution in [1.82, 2.24) is 4.98 Å². The Bertz CT molecular complexity index is 1450. The number of hydrogen-bond donors (Lipinski definition) is 1. The lowest BCUT2D eigenvalue weighted by Gasteiger charge is -2.03. The van der Waals surface area contributed by atoms with Gasteiger partial charge in [0.25, 0.3) is 0 Å². The molecule has 0 saturated carbocycles. The van der Waals surface area contributed by atoms with Gasteiger partial charge in [-0.05, 0) is 48.2 Å². The first-order valence-electron chi connectivity index (χ1n) is 12.0. The summed E-state index contributed by atoms with van der Waals surface area (Å²) in [6, 6.07) is 25.0. The summed E-state index contributed by atoms with van der Waals surface area (Å²) >= 11 is 0. The molecule has 1 aromatic heterocycles. The smallest absolute Gasteiger partial charge is 0.211 e. The largest absolute Gasteiger partial charge is 0.475 e. The standard InChI is InChI=1S/C30H27N3O2/c1-19-13-23-24(14-20(19)2)26(16-30-33-28(18-35-30)22-11-7-4-8-12-22)31-25(23)15-29-32-27(17-34-29)21-9-5-3-6-10-21/h3-16,27-28,31H,17-18H2,1-2H3/b25-15-,26-16-/t27-,28-/m1/s1. The summed E-state index contributed by atoms with van der Waals surface area (Å²) in [7, 11) is 0.